The van der Waals surface area contributed by atoms with Crippen LogP contribution in [0.4, 0.5) is 0 Å². The van der Waals surface area contributed by atoms with Gasteiger partial charge in [-0.15, -0.1) is 0 Å². The summed E-state index contributed by atoms with van der Waals surface area (Å²) in [6.07, 6.45) is 1.78. The highest BCUT2D eigenvalue weighted by atomic mass is 32.2. The number of pyridine rings is 1. The van der Waals surface area contributed by atoms with Crippen molar-refractivity contribution >= 4 is 16.9 Å². The van der Waals surface area contributed by atoms with E-state index in [1.54, 1.807) is 18.0 Å². The van der Waals surface area contributed by atoms with Gasteiger partial charge in [-0.05, 0) is 26.0 Å². The van der Waals surface area contributed by atoms with Crippen LogP contribution in [0, 0.1) is 6.92 Å². The van der Waals surface area contributed by atoms with E-state index in [2.05, 4.69) is 16.9 Å². The van der Waals surface area contributed by atoms with E-state index in [0.29, 0.717) is 18.8 Å². The average Bonchev–Trinajstić information content (AvgIpc) is 2.91. The zero-order chi connectivity index (χ0) is 16.3. The van der Waals surface area contributed by atoms with Crippen LogP contribution in [0.2, 0.25) is 0 Å². The summed E-state index contributed by atoms with van der Waals surface area (Å²) < 4.78 is 0. The zero-order valence-corrected chi connectivity index (χ0v) is 14.3. The van der Waals surface area contributed by atoms with Crippen molar-refractivity contribution < 1.29 is 5.11 Å². The van der Waals surface area contributed by atoms with Crippen LogP contribution in [0.25, 0.3) is 0 Å². The van der Waals surface area contributed by atoms with E-state index in [1.165, 1.54) is 5.56 Å². The van der Waals surface area contributed by atoms with E-state index in [9.17, 15) is 5.11 Å². The van der Waals surface area contributed by atoms with Gasteiger partial charge in [0, 0.05) is 18.3 Å². The quantitative estimate of drug-likeness (QED) is 0.937. The van der Waals surface area contributed by atoms with E-state index in [-0.39, 0.29) is 0 Å². The fraction of sp³-hybridized carbons (Fsp3) is 0.333. The molecule has 0 unspecified atom stereocenters. The number of aliphatic imine (C=N–C) groups is 1. The second-order valence-electron chi connectivity index (χ2n) is 5.64. The van der Waals surface area contributed by atoms with Gasteiger partial charge in [0.2, 0.25) is 0 Å². The van der Waals surface area contributed by atoms with Gasteiger partial charge in [0.25, 0.3) is 0 Å². The molecule has 2 heterocycles. The number of aryl methyl sites for hydroxylation is 1. The first-order valence-electron chi connectivity index (χ1n) is 7.78. The van der Waals surface area contributed by atoms with Crippen LogP contribution in [0.15, 0.2) is 53.7 Å². The number of amidine groups is 1. The Kier molecular flexibility index (Phi) is 4.68. The van der Waals surface area contributed by atoms with Crippen molar-refractivity contribution in [1.29, 1.82) is 0 Å². The lowest BCUT2D eigenvalue weighted by molar-refractivity contribution is -0.0453. The largest absolute Gasteiger partial charge is 0.366 e. The van der Waals surface area contributed by atoms with Crippen molar-refractivity contribution in [2.75, 3.05) is 12.3 Å². The van der Waals surface area contributed by atoms with Crippen LogP contribution in [0.3, 0.4) is 0 Å². The maximum absolute atomic E-state index is 11.2. The molecule has 23 heavy (non-hydrogen) atoms. The van der Waals surface area contributed by atoms with Crippen molar-refractivity contribution in [3.63, 3.8) is 0 Å². The molecule has 1 aromatic carbocycles. The Balaban J connectivity index is 1.83. The molecule has 1 fully saturated rings. The molecule has 0 spiro atoms. The van der Waals surface area contributed by atoms with Crippen LogP contribution in [-0.4, -0.2) is 32.5 Å². The molecular formula is C18H21N3OS. The Morgan fingerprint density at radius 2 is 2.04 bits per heavy atom. The third-order valence-electron chi connectivity index (χ3n) is 4.01. The monoisotopic (exact) mass is 327 g/mol. The maximum atomic E-state index is 11.2. The van der Waals surface area contributed by atoms with E-state index < -0.39 is 5.72 Å². The third kappa shape index (κ3) is 3.26. The van der Waals surface area contributed by atoms with Gasteiger partial charge >= 0.3 is 0 Å². The Labute approximate surface area is 141 Å². The number of nitrogens with zero attached hydrogens (tertiary/aromatic N) is 3. The van der Waals surface area contributed by atoms with E-state index in [4.69, 9.17) is 0 Å². The predicted molar refractivity (Wildman–Crippen MR) is 95.3 cm³/mol. The first kappa shape index (κ1) is 16.0. The second-order valence-corrected chi connectivity index (χ2v) is 6.58. The maximum Gasteiger partial charge on any atom is 0.175 e. The van der Waals surface area contributed by atoms with Crippen LogP contribution >= 0.6 is 11.8 Å². The van der Waals surface area contributed by atoms with E-state index in [1.807, 2.05) is 54.3 Å². The summed E-state index contributed by atoms with van der Waals surface area (Å²) in [6, 6.07) is 13.9. The van der Waals surface area contributed by atoms with Crippen LogP contribution in [0.1, 0.15) is 23.7 Å². The van der Waals surface area contributed by atoms with Crippen molar-refractivity contribution in [1.82, 2.24) is 9.88 Å². The molecule has 120 valence electrons. The third-order valence-corrected chi connectivity index (χ3v) is 5.17. The summed E-state index contributed by atoms with van der Waals surface area (Å²) in [5, 5.41) is 12.1. The molecule has 1 aliphatic rings. The summed E-state index contributed by atoms with van der Waals surface area (Å²) in [4.78, 5) is 10.9. The SMILES string of the molecule is CCN1C(=NCc2ccccn2)SC[C@]1(O)c1ccc(C)cc1. The lowest BCUT2D eigenvalue weighted by atomic mass is 10.0. The van der Waals surface area contributed by atoms with Crippen molar-refractivity contribution in [2.24, 2.45) is 4.99 Å². The Morgan fingerprint density at radius 1 is 1.26 bits per heavy atom. The summed E-state index contributed by atoms with van der Waals surface area (Å²) in [7, 11) is 0. The van der Waals surface area contributed by atoms with Crippen LogP contribution < -0.4 is 0 Å². The molecule has 0 aliphatic carbocycles. The Morgan fingerprint density at radius 3 is 2.70 bits per heavy atom. The standard InChI is InChI=1S/C18H21N3OS/c1-3-21-17(20-12-16-6-4-5-11-19-16)23-13-18(21,22)15-9-7-14(2)8-10-15/h4-11,22H,3,12-13H2,1-2H3/t18-/m0/s1. The number of thioether (sulfide) groups is 1. The van der Waals surface area contributed by atoms with Crippen LogP contribution in [0.5, 0.6) is 0 Å². The Bertz CT molecular complexity index is 687. The predicted octanol–water partition coefficient (Wildman–Crippen LogP) is 3.16. The number of hydrogen-bond acceptors (Lipinski definition) is 4. The minimum Gasteiger partial charge on any atom is -0.366 e. The first-order chi connectivity index (χ1) is 11.1. The molecule has 0 bridgehead atoms. The van der Waals surface area contributed by atoms with Gasteiger partial charge in [-0.3, -0.25) is 9.98 Å². The fourth-order valence-electron chi connectivity index (χ4n) is 2.71. The van der Waals surface area contributed by atoms with Gasteiger partial charge in [0.1, 0.15) is 0 Å². The minimum atomic E-state index is -0.990. The van der Waals surface area contributed by atoms with Gasteiger partial charge in [-0.1, -0.05) is 47.7 Å². The average molecular weight is 327 g/mol. The minimum absolute atomic E-state index is 0.531. The Hall–Kier alpha value is -1.85. The van der Waals surface area contributed by atoms with Gasteiger partial charge in [0.15, 0.2) is 10.9 Å². The lowest BCUT2D eigenvalue weighted by Crippen LogP contribution is -2.44. The molecule has 4 nitrogen and oxygen atoms in total. The highest BCUT2D eigenvalue weighted by molar-refractivity contribution is 8.14. The molecule has 1 aliphatic heterocycles. The number of aromatic nitrogens is 1. The van der Waals surface area contributed by atoms with E-state index in [0.717, 1.165) is 16.4 Å². The summed E-state index contributed by atoms with van der Waals surface area (Å²) in [5.41, 5.74) is 2.05. The summed E-state index contributed by atoms with van der Waals surface area (Å²) >= 11 is 1.60. The number of aliphatic hydroxyl groups is 1. The second kappa shape index (κ2) is 6.72. The van der Waals surface area contributed by atoms with Gasteiger partial charge in [0.05, 0.1) is 18.0 Å². The number of hydrogen-bond donors (Lipinski definition) is 1. The molecule has 1 aromatic heterocycles. The zero-order valence-electron chi connectivity index (χ0n) is 13.4. The number of benzene rings is 1. The normalized spacial score (nSPS) is 22.7. The molecule has 3 rings (SSSR count). The first-order valence-corrected chi connectivity index (χ1v) is 8.76. The van der Waals surface area contributed by atoms with Crippen molar-refractivity contribution in [3.8, 4) is 0 Å². The summed E-state index contributed by atoms with van der Waals surface area (Å²) in [6.45, 7) is 5.33. The molecule has 0 radical (unpaired) electrons. The topological polar surface area (TPSA) is 48.7 Å². The fourth-order valence-corrected chi connectivity index (χ4v) is 3.95. The molecule has 1 atom stereocenters. The lowest BCUT2D eigenvalue weighted by Gasteiger charge is -2.33. The molecule has 0 amide bonds. The van der Waals surface area contributed by atoms with Gasteiger partial charge in [-0.25, -0.2) is 0 Å². The highest BCUT2D eigenvalue weighted by Gasteiger charge is 2.43. The van der Waals surface area contributed by atoms with Crippen LogP contribution in [-0.2, 0) is 12.3 Å². The van der Waals surface area contributed by atoms with Crippen molar-refractivity contribution in [3.05, 3.63) is 65.5 Å². The molecule has 0 saturated carbocycles. The molecule has 2 aromatic rings. The molecule has 5 heteroatoms. The van der Waals surface area contributed by atoms with Gasteiger partial charge < -0.3 is 10.0 Å². The number of rotatable bonds is 4. The van der Waals surface area contributed by atoms with Gasteiger partial charge in [-0.2, -0.15) is 0 Å². The molecular weight excluding hydrogens is 306 g/mol. The molecule has 1 N–H and O–H groups in total. The van der Waals surface area contributed by atoms with E-state index >= 15 is 0 Å². The van der Waals surface area contributed by atoms with Crippen molar-refractivity contribution in [2.45, 2.75) is 26.1 Å². The smallest absolute Gasteiger partial charge is 0.175 e. The summed E-state index contributed by atoms with van der Waals surface area (Å²) in [5.74, 6) is 0.588. The highest BCUT2D eigenvalue weighted by Crippen LogP contribution is 2.38. The molecule has 1 saturated heterocycles.